The van der Waals surface area contributed by atoms with Gasteiger partial charge >= 0.3 is 0 Å². The molecule has 0 amide bonds. The van der Waals surface area contributed by atoms with Crippen LogP contribution in [0.5, 0.6) is 0 Å². The Morgan fingerprint density at radius 3 is 1.84 bits per heavy atom. The number of furan rings is 1. The normalized spacial score (nSPS) is 11.6. The van der Waals surface area contributed by atoms with Crippen LogP contribution in [0.3, 0.4) is 0 Å². The van der Waals surface area contributed by atoms with Crippen molar-refractivity contribution in [3.63, 3.8) is 0 Å². The molecule has 0 fully saturated rings. The summed E-state index contributed by atoms with van der Waals surface area (Å²) in [6.45, 7) is 0. The number of rotatable bonds is 5. The summed E-state index contributed by atoms with van der Waals surface area (Å²) < 4.78 is 6.71. The van der Waals surface area contributed by atoms with E-state index in [2.05, 4.69) is 180 Å². The molecule has 3 nitrogen and oxygen atoms in total. The first-order chi connectivity index (χ1) is 24.8. The molecule has 0 saturated heterocycles. The molecule has 0 atom stereocenters. The average Bonchev–Trinajstić information content (AvgIpc) is 3.56. The number of benzene rings is 8. The average molecular weight is 639 g/mol. The number of pyridine rings is 1. The summed E-state index contributed by atoms with van der Waals surface area (Å²) >= 11 is 0. The summed E-state index contributed by atoms with van der Waals surface area (Å²) in [6, 6.07) is 60.8. The van der Waals surface area contributed by atoms with Crippen molar-refractivity contribution in [3.8, 4) is 22.3 Å². The fourth-order valence-electron chi connectivity index (χ4n) is 7.39. The van der Waals surface area contributed by atoms with Crippen molar-refractivity contribution in [2.24, 2.45) is 0 Å². The lowest BCUT2D eigenvalue weighted by Crippen LogP contribution is -2.10. The van der Waals surface area contributed by atoms with Crippen LogP contribution in [0.25, 0.3) is 76.5 Å². The fourth-order valence-corrected chi connectivity index (χ4v) is 7.39. The predicted molar refractivity (Wildman–Crippen MR) is 210 cm³/mol. The van der Waals surface area contributed by atoms with Crippen LogP contribution in [-0.4, -0.2) is 4.98 Å². The van der Waals surface area contributed by atoms with Crippen LogP contribution in [0.1, 0.15) is 0 Å². The molecule has 50 heavy (non-hydrogen) atoms. The third kappa shape index (κ3) is 4.71. The number of aromatic nitrogens is 1. The molecule has 234 valence electrons. The zero-order valence-electron chi connectivity index (χ0n) is 27.1. The molecule has 0 aliphatic heterocycles. The highest BCUT2D eigenvalue weighted by molar-refractivity contribution is 6.14. The quantitative estimate of drug-likeness (QED) is 0.176. The SMILES string of the molecule is c1ccc(-c2ccc(N(c3ccc(-c4ccc5ccc6ccccc6c5c4)cc3)c3cccc4c3oc3cc5cnccc5cc34)cc2)cc1. The van der Waals surface area contributed by atoms with Crippen molar-refractivity contribution in [2.75, 3.05) is 4.90 Å². The van der Waals surface area contributed by atoms with E-state index in [9.17, 15) is 0 Å². The van der Waals surface area contributed by atoms with Gasteiger partial charge in [-0.15, -0.1) is 0 Å². The molecule has 0 aliphatic rings. The van der Waals surface area contributed by atoms with Gasteiger partial charge in [0.05, 0.1) is 5.69 Å². The minimum atomic E-state index is 0.850. The zero-order chi connectivity index (χ0) is 33.0. The van der Waals surface area contributed by atoms with Crippen molar-refractivity contribution in [3.05, 3.63) is 182 Å². The molecule has 2 heterocycles. The molecular weight excluding hydrogens is 609 g/mol. The maximum absolute atomic E-state index is 6.71. The number of nitrogens with zero attached hydrogens (tertiary/aromatic N) is 2. The maximum atomic E-state index is 6.71. The van der Waals surface area contributed by atoms with Crippen molar-refractivity contribution < 1.29 is 4.42 Å². The van der Waals surface area contributed by atoms with Crippen LogP contribution in [0.2, 0.25) is 0 Å². The highest BCUT2D eigenvalue weighted by atomic mass is 16.3. The lowest BCUT2D eigenvalue weighted by molar-refractivity contribution is 0.669. The van der Waals surface area contributed by atoms with Gasteiger partial charge in [-0.05, 0) is 104 Å². The van der Waals surface area contributed by atoms with E-state index >= 15 is 0 Å². The van der Waals surface area contributed by atoms with Gasteiger partial charge in [-0.25, -0.2) is 0 Å². The molecule has 3 heteroatoms. The van der Waals surface area contributed by atoms with Gasteiger partial charge < -0.3 is 9.32 Å². The Bertz CT molecular complexity index is 2850. The van der Waals surface area contributed by atoms with E-state index in [1.807, 2.05) is 12.4 Å². The Morgan fingerprint density at radius 1 is 0.400 bits per heavy atom. The molecule has 0 saturated carbocycles. The molecular formula is C47H30N2O. The Balaban J connectivity index is 1.12. The summed E-state index contributed by atoms with van der Waals surface area (Å²) in [4.78, 5) is 6.64. The second-order valence-corrected chi connectivity index (χ2v) is 12.8. The van der Waals surface area contributed by atoms with Gasteiger partial charge in [-0.2, -0.15) is 0 Å². The van der Waals surface area contributed by atoms with Gasteiger partial charge in [0.25, 0.3) is 0 Å². The van der Waals surface area contributed by atoms with Gasteiger partial charge in [-0.1, -0.05) is 115 Å². The van der Waals surface area contributed by atoms with Crippen LogP contribution in [-0.2, 0) is 0 Å². The van der Waals surface area contributed by atoms with Gasteiger partial charge in [0.15, 0.2) is 5.58 Å². The molecule has 0 aliphatic carbocycles. The summed E-state index contributed by atoms with van der Waals surface area (Å²) in [7, 11) is 0. The number of hydrogen-bond donors (Lipinski definition) is 0. The summed E-state index contributed by atoms with van der Waals surface area (Å²) in [5, 5.41) is 9.43. The monoisotopic (exact) mass is 638 g/mol. The summed E-state index contributed by atoms with van der Waals surface area (Å²) in [5.74, 6) is 0. The van der Waals surface area contributed by atoms with Crippen molar-refractivity contribution in [1.29, 1.82) is 0 Å². The van der Waals surface area contributed by atoms with Gasteiger partial charge in [0.1, 0.15) is 5.58 Å². The topological polar surface area (TPSA) is 29.3 Å². The maximum Gasteiger partial charge on any atom is 0.159 e. The van der Waals surface area contributed by atoms with E-state index in [1.54, 1.807) is 0 Å². The minimum absolute atomic E-state index is 0.850. The molecule has 0 radical (unpaired) electrons. The third-order valence-corrected chi connectivity index (χ3v) is 9.91. The lowest BCUT2D eigenvalue weighted by Gasteiger charge is -2.26. The fraction of sp³-hybridized carbons (Fsp3) is 0. The summed E-state index contributed by atoms with van der Waals surface area (Å²) in [5.41, 5.74) is 9.53. The van der Waals surface area contributed by atoms with Crippen LogP contribution >= 0.6 is 0 Å². The van der Waals surface area contributed by atoms with Crippen LogP contribution in [0.4, 0.5) is 17.1 Å². The minimum Gasteiger partial charge on any atom is -0.454 e. The first-order valence-electron chi connectivity index (χ1n) is 16.9. The predicted octanol–water partition coefficient (Wildman–Crippen LogP) is 13.2. The molecule has 10 rings (SSSR count). The molecule has 0 N–H and O–H groups in total. The van der Waals surface area contributed by atoms with Crippen molar-refractivity contribution >= 4 is 71.3 Å². The van der Waals surface area contributed by atoms with Crippen molar-refractivity contribution in [2.45, 2.75) is 0 Å². The lowest BCUT2D eigenvalue weighted by atomic mass is 9.97. The van der Waals surface area contributed by atoms with E-state index < -0.39 is 0 Å². The number of hydrogen-bond acceptors (Lipinski definition) is 3. The molecule has 2 aromatic heterocycles. The Labute approximate surface area is 289 Å². The molecule has 10 aromatic rings. The highest BCUT2D eigenvalue weighted by Crippen LogP contribution is 2.43. The van der Waals surface area contributed by atoms with Crippen LogP contribution in [0.15, 0.2) is 187 Å². The Morgan fingerprint density at radius 2 is 1.04 bits per heavy atom. The standard InChI is InChI=1S/C47H30N2O/c1-2-7-31(8-3-1)32-17-21-39(22-18-32)49(45-12-6-11-42-44-28-37-25-26-48-30-38(37)29-46(44)50-47(42)45)40-23-19-33(20-24-40)36-16-15-35-14-13-34-9-4-5-10-41(34)43(35)27-36/h1-30H. The molecule has 0 bridgehead atoms. The number of anilines is 3. The second-order valence-electron chi connectivity index (χ2n) is 12.8. The largest absolute Gasteiger partial charge is 0.454 e. The molecule has 0 spiro atoms. The third-order valence-electron chi connectivity index (χ3n) is 9.91. The molecule has 0 unspecified atom stereocenters. The van der Waals surface area contributed by atoms with E-state index in [1.165, 1.54) is 43.8 Å². The summed E-state index contributed by atoms with van der Waals surface area (Å²) in [6.07, 6.45) is 3.73. The molecule has 8 aromatic carbocycles. The van der Waals surface area contributed by atoms with Gasteiger partial charge in [-0.3, -0.25) is 4.98 Å². The Kier molecular flexibility index (Phi) is 6.49. The number of fused-ring (bicyclic) bond motifs is 7. The van der Waals surface area contributed by atoms with E-state index in [0.717, 1.165) is 49.8 Å². The number of para-hydroxylation sites is 1. The van der Waals surface area contributed by atoms with Gasteiger partial charge in [0.2, 0.25) is 0 Å². The highest BCUT2D eigenvalue weighted by Gasteiger charge is 2.20. The van der Waals surface area contributed by atoms with E-state index in [-0.39, 0.29) is 0 Å². The van der Waals surface area contributed by atoms with Crippen molar-refractivity contribution in [1.82, 2.24) is 4.98 Å². The van der Waals surface area contributed by atoms with Gasteiger partial charge in [0, 0.05) is 39.9 Å². The smallest absolute Gasteiger partial charge is 0.159 e. The second kappa shape index (κ2) is 11.5. The van der Waals surface area contributed by atoms with E-state index in [0.29, 0.717) is 0 Å². The first kappa shape index (κ1) is 28.3. The van der Waals surface area contributed by atoms with Crippen LogP contribution < -0.4 is 4.90 Å². The zero-order valence-corrected chi connectivity index (χ0v) is 27.1. The van der Waals surface area contributed by atoms with Crippen LogP contribution in [0, 0.1) is 0 Å². The first-order valence-corrected chi connectivity index (χ1v) is 16.9. The van der Waals surface area contributed by atoms with E-state index in [4.69, 9.17) is 4.42 Å². The Hall–Kier alpha value is -6.71.